The quantitative estimate of drug-likeness (QED) is 0.275. The molecular formula is C35H34N4O4. The summed E-state index contributed by atoms with van der Waals surface area (Å²) in [5.41, 5.74) is 4.54. The smallest absolute Gasteiger partial charge is 0.330 e. The molecule has 8 nitrogen and oxygen atoms in total. The van der Waals surface area contributed by atoms with E-state index in [4.69, 9.17) is 0 Å². The van der Waals surface area contributed by atoms with Gasteiger partial charge in [0.15, 0.2) is 6.04 Å². The molecule has 1 N–H and O–H groups in total. The molecule has 4 amide bonds. The number of aliphatic carboxylic acids is 1. The predicted molar refractivity (Wildman–Crippen MR) is 167 cm³/mol. The monoisotopic (exact) mass is 574 g/mol. The molecule has 0 unspecified atom stereocenters. The lowest BCUT2D eigenvalue weighted by molar-refractivity contribution is -0.145. The number of carbonyl (C=O) groups is 3. The van der Waals surface area contributed by atoms with Gasteiger partial charge in [0.25, 0.3) is 0 Å². The second kappa shape index (κ2) is 11.6. The van der Waals surface area contributed by atoms with Crippen molar-refractivity contribution in [2.24, 2.45) is 0 Å². The lowest BCUT2D eigenvalue weighted by Crippen LogP contribution is -2.67. The van der Waals surface area contributed by atoms with Gasteiger partial charge >= 0.3 is 18.0 Å². The predicted octanol–water partition coefficient (Wildman–Crippen LogP) is 7.12. The number of carboxylic acid groups (broad SMARTS) is 1. The van der Waals surface area contributed by atoms with E-state index in [2.05, 4.69) is 0 Å². The van der Waals surface area contributed by atoms with Crippen molar-refractivity contribution in [3.05, 3.63) is 120 Å². The molecule has 0 radical (unpaired) electrons. The van der Waals surface area contributed by atoms with E-state index >= 15 is 0 Å². The number of carboxylic acids is 1. The van der Waals surface area contributed by atoms with Gasteiger partial charge in [-0.25, -0.2) is 14.4 Å². The van der Waals surface area contributed by atoms with E-state index in [1.807, 2.05) is 123 Å². The summed E-state index contributed by atoms with van der Waals surface area (Å²) in [5.74, 6) is -1.13. The Morgan fingerprint density at radius 3 is 1.63 bits per heavy atom. The second-order valence-corrected chi connectivity index (χ2v) is 11.1. The minimum absolute atomic E-state index is 0.115. The Hall–Kier alpha value is -5.11. The lowest BCUT2D eigenvalue weighted by Gasteiger charge is -2.47. The van der Waals surface area contributed by atoms with Crippen molar-refractivity contribution >= 4 is 40.8 Å². The zero-order valence-corrected chi connectivity index (χ0v) is 24.2. The highest BCUT2D eigenvalue weighted by Crippen LogP contribution is 2.40. The molecule has 4 aromatic carbocycles. The molecule has 2 aliphatic heterocycles. The summed E-state index contributed by atoms with van der Waals surface area (Å²) in [6.45, 7) is 3.99. The van der Waals surface area contributed by atoms with Gasteiger partial charge in [0, 0.05) is 6.54 Å². The molecule has 4 aromatic rings. The largest absolute Gasteiger partial charge is 0.480 e. The number of likely N-dealkylation sites (tertiary alicyclic amines) is 1. The van der Waals surface area contributed by atoms with Crippen molar-refractivity contribution in [2.75, 3.05) is 16.3 Å². The van der Waals surface area contributed by atoms with Crippen molar-refractivity contribution in [1.29, 1.82) is 0 Å². The average Bonchev–Trinajstić information content (AvgIpc) is 3.32. The molecule has 6 rings (SSSR count). The number of rotatable bonds is 5. The first kappa shape index (κ1) is 28.0. The summed E-state index contributed by atoms with van der Waals surface area (Å²) in [6, 6.07) is 31.0. The van der Waals surface area contributed by atoms with Crippen molar-refractivity contribution in [1.82, 2.24) is 9.80 Å². The Labute approximate surface area is 251 Å². The van der Waals surface area contributed by atoms with Crippen molar-refractivity contribution in [3.8, 4) is 0 Å². The number of amides is 4. The Kier molecular flexibility index (Phi) is 7.59. The summed E-state index contributed by atoms with van der Waals surface area (Å²) in [5, 5.41) is 10.6. The van der Waals surface area contributed by atoms with Gasteiger partial charge in [-0.3, -0.25) is 9.80 Å². The summed E-state index contributed by atoms with van der Waals surface area (Å²) < 4.78 is 0. The van der Waals surface area contributed by atoms with Crippen LogP contribution in [0.5, 0.6) is 0 Å². The van der Waals surface area contributed by atoms with Crippen LogP contribution in [0.3, 0.4) is 0 Å². The molecule has 2 bridgehead atoms. The number of nitrogens with zero attached hydrogens (tertiary/aromatic N) is 4. The number of carbonyl (C=O) groups excluding carboxylic acids is 2. The van der Waals surface area contributed by atoms with Gasteiger partial charge in [-0.1, -0.05) is 72.8 Å². The fourth-order valence-corrected chi connectivity index (χ4v) is 6.48. The molecule has 2 aliphatic rings. The highest BCUT2D eigenvalue weighted by atomic mass is 16.4. The molecule has 2 fully saturated rings. The average molecular weight is 575 g/mol. The van der Waals surface area contributed by atoms with Crippen LogP contribution >= 0.6 is 0 Å². The van der Waals surface area contributed by atoms with Crippen LogP contribution in [-0.2, 0) is 4.79 Å². The van der Waals surface area contributed by atoms with E-state index in [1.165, 1.54) is 4.90 Å². The van der Waals surface area contributed by atoms with Crippen LogP contribution in [0.4, 0.5) is 32.3 Å². The summed E-state index contributed by atoms with van der Waals surface area (Å²) in [7, 11) is 0. The Bertz CT molecular complexity index is 1560. The van der Waals surface area contributed by atoms with Crippen LogP contribution in [0.15, 0.2) is 109 Å². The third kappa shape index (κ3) is 5.09. The summed E-state index contributed by atoms with van der Waals surface area (Å²) in [6.07, 6.45) is 1.10. The van der Waals surface area contributed by atoms with Crippen molar-refractivity contribution in [2.45, 2.75) is 44.8 Å². The highest BCUT2D eigenvalue weighted by molar-refractivity contribution is 6.04. The number of piperazine rings is 1. The fourth-order valence-electron chi connectivity index (χ4n) is 6.48. The van der Waals surface area contributed by atoms with Gasteiger partial charge in [0.1, 0.15) is 0 Å². The number of aryl methyl sites for hydroxylation is 2. The zero-order chi connectivity index (χ0) is 30.1. The van der Waals surface area contributed by atoms with E-state index in [-0.39, 0.29) is 18.6 Å². The van der Waals surface area contributed by atoms with Crippen LogP contribution < -0.4 is 9.80 Å². The van der Waals surface area contributed by atoms with Crippen LogP contribution in [-0.4, -0.2) is 57.6 Å². The lowest BCUT2D eigenvalue weighted by atomic mass is 10.0. The molecule has 0 aliphatic carbocycles. The maximum atomic E-state index is 14.6. The molecule has 0 aromatic heterocycles. The Morgan fingerprint density at radius 1 is 0.651 bits per heavy atom. The third-order valence-corrected chi connectivity index (χ3v) is 8.50. The molecule has 2 heterocycles. The highest BCUT2D eigenvalue weighted by Gasteiger charge is 2.54. The zero-order valence-electron chi connectivity index (χ0n) is 24.2. The van der Waals surface area contributed by atoms with Gasteiger partial charge in [-0.05, 0) is 74.2 Å². The molecule has 3 atom stereocenters. The van der Waals surface area contributed by atoms with Crippen LogP contribution in [0.25, 0.3) is 0 Å². The standard InChI is InChI=1S/C35H34N4O4/c1-24-13-9-11-19-29(24)39(30-20-12-10-14-25(30)2)34(42)36-23-28-21-22-31(32(36)33(40)41)38(28)35(43)37(26-15-5-3-6-16-26)27-17-7-4-8-18-27/h3-20,28,31-32H,21-23H2,1-2H3,(H,40,41)/t28-,31+,32-/m0/s1. The maximum absolute atomic E-state index is 14.6. The van der Waals surface area contributed by atoms with Crippen LogP contribution in [0.2, 0.25) is 0 Å². The first-order valence-corrected chi connectivity index (χ1v) is 14.5. The minimum atomic E-state index is -1.21. The first-order chi connectivity index (χ1) is 20.9. The van der Waals surface area contributed by atoms with E-state index < -0.39 is 24.1 Å². The van der Waals surface area contributed by atoms with E-state index in [1.54, 1.807) is 14.7 Å². The Morgan fingerprint density at radius 2 is 1.14 bits per heavy atom. The molecular weight excluding hydrogens is 540 g/mol. The number of hydrogen-bond donors (Lipinski definition) is 1. The summed E-state index contributed by atoms with van der Waals surface area (Å²) in [4.78, 5) is 48.4. The van der Waals surface area contributed by atoms with Crippen molar-refractivity contribution in [3.63, 3.8) is 0 Å². The van der Waals surface area contributed by atoms with Gasteiger partial charge < -0.3 is 14.9 Å². The van der Waals surface area contributed by atoms with Gasteiger partial charge in [0.2, 0.25) is 0 Å². The maximum Gasteiger partial charge on any atom is 0.330 e. The minimum Gasteiger partial charge on any atom is -0.480 e. The topological polar surface area (TPSA) is 84.4 Å². The molecule has 218 valence electrons. The number of urea groups is 2. The number of fused-ring (bicyclic) bond motifs is 2. The second-order valence-electron chi connectivity index (χ2n) is 11.1. The number of para-hydroxylation sites is 4. The molecule has 8 heteroatoms. The molecule has 0 saturated carbocycles. The number of hydrogen-bond acceptors (Lipinski definition) is 3. The van der Waals surface area contributed by atoms with Crippen molar-refractivity contribution < 1.29 is 19.5 Å². The summed E-state index contributed by atoms with van der Waals surface area (Å²) >= 11 is 0. The number of anilines is 4. The van der Waals surface area contributed by atoms with E-state index in [0.29, 0.717) is 35.6 Å². The van der Waals surface area contributed by atoms with E-state index in [9.17, 15) is 19.5 Å². The fraction of sp³-hybridized carbons (Fsp3) is 0.229. The normalized spacial score (nSPS) is 19.2. The van der Waals surface area contributed by atoms with Gasteiger partial charge in [0.05, 0.1) is 34.8 Å². The van der Waals surface area contributed by atoms with E-state index in [0.717, 1.165) is 11.1 Å². The SMILES string of the molecule is Cc1ccccc1N(C(=O)N1C[C@@H]2CC[C@H]([C@H]1C(=O)O)N2C(=O)N(c1ccccc1)c1ccccc1)c1ccccc1C. The van der Waals surface area contributed by atoms with Crippen LogP contribution in [0, 0.1) is 13.8 Å². The number of benzene rings is 4. The van der Waals surface area contributed by atoms with Gasteiger partial charge in [-0.2, -0.15) is 0 Å². The Balaban J connectivity index is 1.39. The third-order valence-electron chi connectivity index (χ3n) is 8.50. The molecule has 43 heavy (non-hydrogen) atoms. The van der Waals surface area contributed by atoms with Gasteiger partial charge in [-0.15, -0.1) is 0 Å². The first-order valence-electron chi connectivity index (χ1n) is 14.5. The molecule has 2 saturated heterocycles. The van der Waals surface area contributed by atoms with Crippen LogP contribution in [0.1, 0.15) is 24.0 Å². The molecule has 0 spiro atoms.